The second-order valence-corrected chi connectivity index (χ2v) is 8.05. The van der Waals surface area contributed by atoms with Crippen LogP contribution in [-0.4, -0.2) is 64.3 Å². The minimum Gasteiger partial charge on any atom is -0.355 e. The summed E-state index contributed by atoms with van der Waals surface area (Å²) in [5.41, 5.74) is 0. The number of rotatable bonds is 7. The van der Waals surface area contributed by atoms with Gasteiger partial charge in [-0.1, -0.05) is 25.1 Å². The molecule has 6 nitrogen and oxygen atoms in total. The van der Waals surface area contributed by atoms with Crippen molar-refractivity contribution in [2.45, 2.75) is 30.7 Å². The fraction of sp³-hybridized carbons (Fsp3) is 0.588. The van der Waals surface area contributed by atoms with Crippen LogP contribution in [0.2, 0.25) is 0 Å². The highest BCUT2D eigenvalue weighted by Gasteiger charge is 2.22. The van der Waals surface area contributed by atoms with Crippen LogP contribution in [0.1, 0.15) is 19.8 Å². The molecule has 1 heterocycles. The number of hydrogen-bond donors (Lipinski definition) is 2. The van der Waals surface area contributed by atoms with Gasteiger partial charge in [-0.2, -0.15) is 0 Å². The summed E-state index contributed by atoms with van der Waals surface area (Å²) in [6.45, 7) is 5.57. The van der Waals surface area contributed by atoms with E-state index in [9.17, 15) is 8.42 Å². The molecule has 142 valence electrons. The molecule has 25 heavy (non-hydrogen) atoms. The molecule has 1 atom stereocenters. The van der Waals surface area contributed by atoms with Crippen molar-refractivity contribution in [1.82, 2.24) is 15.5 Å². The Morgan fingerprint density at radius 2 is 2.00 bits per heavy atom. The first-order valence-electron chi connectivity index (χ1n) is 8.53. The zero-order valence-corrected chi connectivity index (χ0v) is 18.1. The van der Waals surface area contributed by atoms with Crippen molar-refractivity contribution in [2.75, 3.05) is 39.0 Å². The molecular formula is C17H29IN4O2S. The normalized spacial score (nSPS) is 18.6. The van der Waals surface area contributed by atoms with E-state index < -0.39 is 9.84 Å². The van der Waals surface area contributed by atoms with E-state index in [1.807, 2.05) is 6.07 Å². The van der Waals surface area contributed by atoms with Gasteiger partial charge in [-0.3, -0.25) is 9.89 Å². The lowest BCUT2D eigenvalue weighted by Crippen LogP contribution is -2.45. The van der Waals surface area contributed by atoms with Crippen LogP contribution in [0.5, 0.6) is 0 Å². The Morgan fingerprint density at radius 3 is 2.64 bits per heavy atom. The molecule has 0 radical (unpaired) electrons. The van der Waals surface area contributed by atoms with E-state index in [1.165, 1.54) is 12.8 Å². The number of halogens is 1. The fourth-order valence-corrected chi connectivity index (χ4v) is 4.21. The van der Waals surface area contributed by atoms with E-state index in [-0.39, 0.29) is 29.7 Å². The van der Waals surface area contributed by atoms with Crippen molar-refractivity contribution in [3.63, 3.8) is 0 Å². The quantitative estimate of drug-likeness (QED) is 0.353. The number of sulfone groups is 1. The number of nitrogens with one attached hydrogen (secondary N) is 2. The maximum Gasteiger partial charge on any atom is 0.191 e. The van der Waals surface area contributed by atoms with Gasteiger partial charge in [0.05, 0.1) is 10.6 Å². The molecule has 8 heteroatoms. The number of likely N-dealkylation sites (tertiary alicyclic amines) is 1. The number of aliphatic imine (C=N–C) groups is 1. The summed E-state index contributed by atoms with van der Waals surface area (Å²) in [5, 5.41) is 6.40. The van der Waals surface area contributed by atoms with Crippen molar-refractivity contribution in [2.24, 2.45) is 4.99 Å². The molecule has 1 unspecified atom stereocenters. The third-order valence-corrected chi connectivity index (χ3v) is 6.13. The van der Waals surface area contributed by atoms with Crippen LogP contribution in [-0.2, 0) is 9.84 Å². The van der Waals surface area contributed by atoms with Crippen molar-refractivity contribution >= 4 is 39.8 Å². The molecule has 1 saturated heterocycles. The van der Waals surface area contributed by atoms with Crippen LogP contribution in [0.25, 0.3) is 0 Å². The summed E-state index contributed by atoms with van der Waals surface area (Å²) >= 11 is 0. The number of benzene rings is 1. The standard InChI is InChI=1S/C17H28N4O2S.HI/c1-3-21-12-7-8-15(21)14-20-17(18-2)19-11-13-24(22,23)16-9-5-4-6-10-16;/h4-6,9-10,15H,3,7-8,11-14H2,1-2H3,(H2,18,19,20);1H. The average Bonchev–Trinajstić information content (AvgIpc) is 3.06. The predicted molar refractivity (Wildman–Crippen MR) is 114 cm³/mol. The molecule has 1 aromatic carbocycles. The molecule has 1 aliphatic rings. The van der Waals surface area contributed by atoms with Crippen molar-refractivity contribution in [3.05, 3.63) is 30.3 Å². The van der Waals surface area contributed by atoms with Crippen LogP contribution in [0.15, 0.2) is 40.2 Å². The average molecular weight is 480 g/mol. The molecule has 0 spiro atoms. The Labute approximate surface area is 168 Å². The lowest BCUT2D eigenvalue weighted by atomic mass is 10.2. The van der Waals surface area contributed by atoms with Gasteiger partial charge in [0.15, 0.2) is 15.8 Å². The lowest BCUT2D eigenvalue weighted by molar-refractivity contribution is 0.267. The van der Waals surface area contributed by atoms with Gasteiger partial charge in [-0.25, -0.2) is 8.42 Å². The van der Waals surface area contributed by atoms with Crippen LogP contribution >= 0.6 is 24.0 Å². The Morgan fingerprint density at radius 1 is 1.28 bits per heavy atom. The zero-order valence-electron chi connectivity index (χ0n) is 14.9. The van der Waals surface area contributed by atoms with E-state index in [4.69, 9.17) is 0 Å². The fourth-order valence-electron chi connectivity index (χ4n) is 3.03. The molecule has 0 aliphatic carbocycles. The molecule has 0 amide bonds. The highest BCUT2D eigenvalue weighted by Crippen LogP contribution is 2.15. The zero-order chi connectivity index (χ0) is 17.4. The number of hydrogen-bond acceptors (Lipinski definition) is 4. The largest absolute Gasteiger partial charge is 0.355 e. The van der Waals surface area contributed by atoms with Crippen LogP contribution in [0, 0.1) is 0 Å². The summed E-state index contributed by atoms with van der Waals surface area (Å²) in [4.78, 5) is 6.99. The molecule has 0 aromatic heterocycles. The van der Waals surface area contributed by atoms with E-state index in [0.717, 1.165) is 19.6 Å². The monoisotopic (exact) mass is 480 g/mol. The summed E-state index contributed by atoms with van der Waals surface area (Å²) < 4.78 is 24.5. The smallest absolute Gasteiger partial charge is 0.191 e. The summed E-state index contributed by atoms with van der Waals surface area (Å²) in [7, 11) is -1.56. The second kappa shape index (κ2) is 11.0. The highest BCUT2D eigenvalue weighted by atomic mass is 127. The van der Waals surface area contributed by atoms with E-state index in [0.29, 0.717) is 23.4 Å². The molecule has 1 aliphatic heterocycles. The van der Waals surface area contributed by atoms with Gasteiger partial charge in [-0.15, -0.1) is 24.0 Å². The van der Waals surface area contributed by atoms with E-state index in [1.54, 1.807) is 31.3 Å². The minimum absolute atomic E-state index is 0. The summed E-state index contributed by atoms with van der Waals surface area (Å²) in [5.74, 6) is 0.698. The van der Waals surface area contributed by atoms with Gasteiger partial charge in [-0.05, 0) is 38.1 Å². The van der Waals surface area contributed by atoms with Crippen LogP contribution in [0.3, 0.4) is 0 Å². The molecule has 1 fully saturated rings. The van der Waals surface area contributed by atoms with Gasteiger partial charge in [0, 0.05) is 26.2 Å². The lowest BCUT2D eigenvalue weighted by Gasteiger charge is -2.23. The second-order valence-electron chi connectivity index (χ2n) is 5.94. The SMILES string of the molecule is CCN1CCCC1CNC(=NC)NCCS(=O)(=O)c1ccccc1.I. The highest BCUT2D eigenvalue weighted by molar-refractivity contribution is 14.0. The van der Waals surface area contributed by atoms with Gasteiger partial charge < -0.3 is 10.6 Å². The number of likely N-dealkylation sites (N-methyl/N-ethyl adjacent to an activating group) is 1. The Kier molecular flexibility index (Phi) is 9.73. The molecule has 2 rings (SSSR count). The number of guanidine groups is 1. The van der Waals surface area contributed by atoms with E-state index in [2.05, 4.69) is 27.4 Å². The maximum atomic E-state index is 12.2. The third-order valence-electron chi connectivity index (χ3n) is 4.40. The van der Waals surface area contributed by atoms with Gasteiger partial charge >= 0.3 is 0 Å². The maximum absolute atomic E-state index is 12.2. The molecule has 2 N–H and O–H groups in total. The van der Waals surface area contributed by atoms with Gasteiger partial charge in [0.25, 0.3) is 0 Å². The Bertz CT molecular complexity index is 637. The number of nitrogens with zero attached hydrogens (tertiary/aromatic N) is 2. The third kappa shape index (κ3) is 6.74. The Hall–Kier alpha value is -0.870. The summed E-state index contributed by atoms with van der Waals surface area (Å²) in [6, 6.07) is 9.07. The first-order chi connectivity index (χ1) is 11.6. The van der Waals surface area contributed by atoms with Crippen LogP contribution in [0.4, 0.5) is 0 Å². The first kappa shape index (κ1) is 22.2. The first-order valence-corrected chi connectivity index (χ1v) is 10.2. The molecule has 1 aromatic rings. The van der Waals surface area contributed by atoms with Crippen molar-refractivity contribution < 1.29 is 8.42 Å². The Balaban J connectivity index is 0.00000312. The molecule has 0 saturated carbocycles. The molecular weight excluding hydrogens is 451 g/mol. The van der Waals surface area contributed by atoms with E-state index >= 15 is 0 Å². The van der Waals surface area contributed by atoms with Gasteiger partial charge in [0.1, 0.15) is 0 Å². The van der Waals surface area contributed by atoms with Crippen LogP contribution < -0.4 is 10.6 Å². The summed E-state index contributed by atoms with van der Waals surface area (Å²) in [6.07, 6.45) is 2.43. The van der Waals surface area contributed by atoms with Crippen molar-refractivity contribution in [1.29, 1.82) is 0 Å². The van der Waals surface area contributed by atoms with Gasteiger partial charge in [0.2, 0.25) is 0 Å². The predicted octanol–water partition coefficient (Wildman–Crippen LogP) is 1.73. The topological polar surface area (TPSA) is 73.8 Å². The van der Waals surface area contributed by atoms with Crippen molar-refractivity contribution in [3.8, 4) is 0 Å². The molecule has 0 bridgehead atoms. The minimum atomic E-state index is -3.26.